The molecule has 1 aliphatic heterocycles. The lowest BCUT2D eigenvalue weighted by Gasteiger charge is -2.34. The Morgan fingerprint density at radius 2 is 1.71 bits per heavy atom. The Kier molecular flexibility index (Phi) is 6.18. The van der Waals surface area contributed by atoms with E-state index in [9.17, 15) is 5.11 Å². The number of nitrogens with one attached hydrogen (secondary N) is 1. The normalized spacial score (nSPS) is 17.0. The number of aliphatic hydroxyl groups excluding tert-OH is 1. The second-order valence-electron chi connectivity index (χ2n) is 6.55. The van der Waals surface area contributed by atoms with Crippen LogP contribution in [0.5, 0.6) is 0 Å². The summed E-state index contributed by atoms with van der Waals surface area (Å²) in [6.07, 6.45) is -0.241. The average molecular weight is 344 g/mol. The molecule has 0 amide bonds. The van der Waals surface area contributed by atoms with E-state index in [2.05, 4.69) is 66.4 Å². The predicted molar refractivity (Wildman–Crippen MR) is 102 cm³/mol. The van der Waals surface area contributed by atoms with Crippen LogP contribution in [0, 0.1) is 6.92 Å². The Hall–Kier alpha value is -1.49. The van der Waals surface area contributed by atoms with Gasteiger partial charge in [-0.15, -0.1) is 11.8 Å². The summed E-state index contributed by atoms with van der Waals surface area (Å²) in [6.45, 7) is 7.28. The molecule has 0 unspecified atom stereocenters. The fraction of sp³-hybridized carbons (Fsp3) is 0.400. The molecule has 2 aromatic rings. The van der Waals surface area contributed by atoms with Crippen LogP contribution in [-0.4, -0.2) is 49.7 Å². The van der Waals surface area contributed by atoms with Crippen LogP contribution < -0.4 is 9.80 Å². The number of aliphatic hydroxyl groups is 1. The largest absolute Gasteiger partial charge is 0.386 e. The first-order valence-corrected chi connectivity index (χ1v) is 9.70. The van der Waals surface area contributed by atoms with Gasteiger partial charge in [0.2, 0.25) is 0 Å². The summed E-state index contributed by atoms with van der Waals surface area (Å²) < 4.78 is 0. The highest BCUT2D eigenvalue weighted by molar-refractivity contribution is 7.99. The van der Waals surface area contributed by atoms with E-state index >= 15 is 0 Å². The maximum absolute atomic E-state index is 10.3. The van der Waals surface area contributed by atoms with E-state index in [-0.39, 0.29) is 6.10 Å². The van der Waals surface area contributed by atoms with Gasteiger partial charge in [0.1, 0.15) is 12.6 Å². The van der Waals surface area contributed by atoms with Gasteiger partial charge in [-0.3, -0.25) is 0 Å². The fourth-order valence-electron chi connectivity index (χ4n) is 3.14. The van der Waals surface area contributed by atoms with Crippen molar-refractivity contribution in [3.63, 3.8) is 0 Å². The Balaban J connectivity index is 1.40. The van der Waals surface area contributed by atoms with Crippen molar-refractivity contribution in [3.8, 4) is 0 Å². The van der Waals surface area contributed by atoms with Crippen molar-refractivity contribution in [2.75, 3.05) is 43.4 Å². The first-order valence-electron chi connectivity index (χ1n) is 8.72. The van der Waals surface area contributed by atoms with E-state index in [1.165, 1.54) is 21.0 Å². The van der Waals surface area contributed by atoms with Crippen molar-refractivity contribution in [1.29, 1.82) is 0 Å². The number of nitrogens with zero attached hydrogens (tertiary/aromatic N) is 1. The van der Waals surface area contributed by atoms with Gasteiger partial charge in [-0.2, -0.15) is 0 Å². The molecule has 0 aliphatic carbocycles. The van der Waals surface area contributed by atoms with E-state index in [1.54, 1.807) is 11.8 Å². The van der Waals surface area contributed by atoms with Crippen LogP contribution in [0.4, 0.5) is 5.69 Å². The molecule has 0 aromatic heterocycles. The Morgan fingerprint density at radius 1 is 1.04 bits per heavy atom. The van der Waals surface area contributed by atoms with Crippen molar-refractivity contribution in [1.82, 2.24) is 0 Å². The Bertz CT molecular complexity index is 609. The average Bonchev–Trinajstić information content (AvgIpc) is 2.63. The number of hydrogen-bond donors (Lipinski definition) is 2. The molecule has 0 spiro atoms. The summed E-state index contributed by atoms with van der Waals surface area (Å²) in [5.41, 5.74) is 2.59. The van der Waals surface area contributed by atoms with Crippen LogP contribution in [-0.2, 0) is 0 Å². The minimum absolute atomic E-state index is 0.241. The van der Waals surface area contributed by atoms with Crippen molar-refractivity contribution in [2.24, 2.45) is 0 Å². The number of hydrogen-bond acceptors (Lipinski definition) is 3. The van der Waals surface area contributed by atoms with E-state index in [4.69, 9.17) is 0 Å². The third-order valence-corrected chi connectivity index (χ3v) is 5.74. The molecule has 24 heavy (non-hydrogen) atoms. The summed E-state index contributed by atoms with van der Waals surface area (Å²) >= 11 is 1.75. The van der Waals surface area contributed by atoms with Crippen LogP contribution in [0.1, 0.15) is 5.56 Å². The summed E-state index contributed by atoms with van der Waals surface area (Å²) in [5.74, 6) is 0.773. The predicted octanol–water partition coefficient (Wildman–Crippen LogP) is 1.85. The van der Waals surface area contributed by atoms with Gasteiger partial charge in [0, 0.05) is 16.3 Å². The molecule has 1 aliphatic rings. The minimum Gasteiger partial charge on any atom is -0.386 e. The molecule has 3 rings (SSSR count). The van der Waals surface area contributed by atoms with Crippen molar-refractivity contribution in [3.05, 3.63) is 60.2 Å². The quantitative estimate of drug-likeness (QED) is 0.784. The van der Waals surface area contributed by atoms with Crippen LogP contribution >= 0.6 is 11.8 Å². The molecule has 0 saturated carbocycles. The number of anilines is 1. The van der Waals surface area contributed by atoms with Gasteiger partial charge in [-0.25, -0.2) is 0 Å². The van der Waals surface area contributed by atoms with Crippen LogP contribution in [0.25, 0.3) is 0 Å². The first-order chi connectivity index (χ1) is 11.7. The molecule has 2 N–H and O–H groups in total. The highest BCUT2D eigenvalue weighted by Gasteiger charge is 2.22. The molecule has 2 aromatic carbocycles. The van der Waals surface area contributed by atoms with E-state index in [1.807, 2.05) is 0 Å². The number of benzene rings is 2. The maximum atomic E-state index is 10.3. The molecule has 0 radical (unpaired) electrons. The number of piperazine rings is 1. The molecule has 128 valence electrons. The van der Waals surface area contributed by atoms with E-state index < -0.39 is 0 Å². The molecule has 3 nitrogen and oxygen atoms in total. The molecule has 1 saturated heterocycles. The number of quaternary nitrogens is 1. The van der Waals surface area contributed by atoms with Crippen molar-refractivity contribution >= 4 is 17.4 Å². The summed E-state index contributed by atoms with van der Waals surface area (Å²) in [5, 5.41) is 10.3. The minimum atomic E-state index is -0.241. The van der Waals surface area contributed by atoms with Crippen molar-refractivity contribution < 1.29 is 10.0 Å². The summed E-state index contributed by atoms with van der Waals surface area (Å²) in [6, 6.07) is 19.1. The first kappa shape index (κ1) is 17.3. The van der Waals surface area contributed by atoms with Gasteiger partial charge in [-0.05, 0) is 31.2 Å². The standard InChI is InChI=1S/C20H26N2OS/c1-17-7-9-20(10-8-17)24-16-19(23)15-21-11-13-22(14-12-21)18-5-3-2-4-6-18/h2-10,19,23H,11-16H2,1H3/p+1/t19-/m1/s1. The van der Waals surface area contributed by atoms with Gasteiger partial charge in [0.25, 0.3) is 0 Å². The number of para-hydroxylation sites is 1. The topological polar surface area (TPSA) is 27.9 Å². The van der Waals surface area contributed by atoms with Gasteiger partial charge in [0.15, 0.2) is 0 Å². The second-order valence-corrected chi connectivity index (χ2v) is 7.65. The molecule has 1 fully saturated rings. The third-order valence-electron chi connectivity index (χ3n) is 4.58. The molecule has 4 heteroatoms. The molecular weight excluding hydrogens is 316 g/mol. The van der Waals surface area contributed by atoms with Crippen LogP contribution in [0.2, 0.25) is 0 Å². The van der Waals surface area contributed by atoms with Gasteiger partial charge in [-0.1, -0.05) is 35.9 Å². The molecule has 1 atom stereocenters. The molecular formula is C20H27N2OS+. The zero-order valence-corrected chi connectivity index (χ0v) is 15.1. The number of aryl methyl sites for hydroxylation is 1. The smallest absolute Gasteiger partial charge is 0.112 e. The molecule has 0 bridgehead atoms. The number of rotatable bonds is 6. The third kappa shape index (κ3) is 5.00. The van der Waals surface area contributed by atoms with Gasteiger partial charge >= 0.3 is 0 Å². The highest BCUT2D eigenvalue weighted by atomic mass is 32.2. The van der Waals surface area contributed by atoms with E-state index in [0.29, 0.717) is 0 Å². The lowest BCUT2D eigenvalue weighted by molar-refractivity contribution is -0.903. The zero-order valence-electron chi connectivity index (χ0n) is 14.3. The highest BCUT2D eigenvalue weighted by Crippen LogP contribution is 2.19. The summed E-state index contributed by atoms with van der Waals surface area (Å²) in [7, 11) is 0. The van der Waals surface area contributed by atoms with Gasteiger partial charge < -0.3 is 14.9 Å². The van der Waals surface area contributed by atoms with Crippen LogP contribution in [0.3, 0.4) is 0 Å². The summed E-state index contributed by atoms with van der Waals surface area (Å²) in [4.78, 5) is 5.19. The lowest BCUT2D eigenvalue weighted by Crippen LogP contribution is -3.15. The number of thioether (sulfide) groups is 1. The Labute approximate surface area is 149 Å². The lowest BCUT2D eigenvalue weighted by atomic mass is 10.2. The second kappa shape index (κ2) is 8.56. The molecule has 1 heterocycles. The van der Waals surface area contributed by atoms with E-state index in [0.717, 1.165) is 38.5 Å². The fourth-order valence-corrected chi connectivity index (χ4v) is 3.97. The van der Waals surface area contributed by atoms with Crippen LogP contribution in [0.15, 0.2) is 59.5 Å². The Morgan fingerprint density at radius 3 is 2.38 bits per heavy atom. The SMILES string of the molecule is Cc1ccc(SC[C@H](O)C[NH+]2CCN(c3ccccc3)CC2)cc1. The van der Waals surface area contributed by atoms with Gasteiger partial charge in [0.05, 0.1) is 26.2 Å². The van der Waals surface area contributed by atoms with Crippen molar-refractivity contribution in [2.45, 2.75) is 17.9 Å². The zero-order chi connectivity index (χ0) is 16.8. The monoisotopic (exact) mass is 343 g/mol. The maximum Gasteiger partial charge on any atom is 0.112 e.